The maximum absolute atomic E-state index is 13.6. The number of carboxylic acids is 1. The number of aliphatic carboxylic acids is 1. The molecule has 3 fully saturated rings. The molecule has 4 aliphatic rings. The number of aromatic nitrogens is 1. The van der Waals surface area contributed by atoms with E-state index in [-0.39, 0.29) is 71.1 Å². The molecule has 1 aromatic heterocycles. The van der Waals surface area contributed by atoms with Gasteiger partial charge in [-0.15, -0.1) is 11.8 Å². The van der Waals surface area contributed by atoms with Gasteiger partial charge in [0.2, 0.25) is 11.8 Å². The van der Waals surface area contributed by atoms with Gasteiger partial charge in [-0.3, -0.25) is 28.9 Å². The Labute approximate surface area is 271 Å². The van der Waals surface area contributed by atoms with Crippen LogP contribution in [0.25, 0.3) is 10.8 Å². The minimum atomic E-state index is -1.05. The number of anilines is 1. The maximum atomic E-state index is 13.6. The fourth-order valence-electron chi connectivity index (χ4n) is 8.33. The average Bonchev–Trinajstić information content (AvgIpc) is 3.78. The summed E-state index contributed by atoms with van der Waals surface area (Å²) in [4.78, 5) is 68.8. The monoisotopic (exact) mass is 655 g/mol. The molecule has 8 rings (SSSR count). The second-order valence-electron chi connectivity index (χ2n) is 12.4. The Morgan fingerprint density at radius 2 is 1.70 bits per heavy atom. The summed E-state index contributed by atoms with van der Waals surface area (Å²) in [7, 11) is 0. The first-order chi connectivity index (χ1) is 22.3. The fourth-order valence-corrected chi connectivity index (χ4v) is 11.2. The molecule has 46 heavy (non-hydrogen) atoms. The molecule has 2 saturated carbocycles. The van der Waals surface area contributed by atoms with Gasteiger partial charge in [0.05, 0.1) is 23.3 Å². The molecule has 6 unspecified atom stereocenters. The second-order valence-corrected chi connectivity index (χ2v) is 14.6. The van der Waals surface area contributed by atoms with Gasteiger partial charge < -0.3 is 20.1 Å². The van der Waals surface area contributed by atoms with Gasteiger partial charge in [-0.1, -0.05) is 59.9 Å². The van der Waals surface area contributed by atoms with Crippen LogP contribution >= 0.6 is 23.1 Å². The zero-order chi connectivity index (χ0) is 31.7. The molecule has 234 valence electrons. The number of ether oxygens (including phenoxy) is 1. The zero-order valence-electron chi connectivity index (χ0n) is 24.4. The van der Waals surface area contributed by atoms with Crippen molar-refractivity contribution >= 4 is 63.2 Å². The van der Waals surface area contributed by atoms with E-state index in [1.165, 1.54) is 0 Å². The summed E-state index contributed by atoms with van der Waals surface area (Å²) < 4.78 is 6.17. The summed E-state index contributed by atoms with van der Waals surface area (Å²) in [6.45, 7) is -0.345. The summed E-state index contributed by atoms with van der Waals surface area (Å²) in [5, 5.41) is 14.9. The van der Waals surface area contributed by atoms with Crippen molar-refractivity contribution < 1.29 is 29.0 Å². The number of likely N-dealkylation sites (tertiary alicyclic amines) is 1. The van der Waals surface area contributed by atoms with E-state index in [1.807, 2.05) is 66.7 Å². The lowest BCUT2D eigenvalue weighted by Gasteiger charge is -2.43. The topological polar surface area (TPSA) is 146 Å². The zero-order valence-corrected chi connectivity index (χ0v) is 26.0. The summed E-state index contributed by atoms with van der Waals surface area (Å²) >= 11 is 2.73. The van der Waals surface area contributed by atoms with E-state index in [1.54, 1.807) is 11.8 Å². The number of aromatic amines is 1. The number of nitrogens with one attached hydrogen (secondary N) is 2. The van der Waals surface area contributed by atoms with Crippen LogP contribution in [0.15, 0.2) is 76.6 Å². The van der Waals surface area contributed by atoms with Gasteiger partial charge in [-0.05, 0) is 53.1 Å². The molecule has 7 atom stereocenters. The second kappa shape index (κ2) is 11.1. The summed E-state index contributed by atoms with van der Waals surface area (Å²) in [5.41, 5.74) is 1.50. The number of H-pyrrole nitrogens is 1. The molecule has 0 radical (unpaired) electrons. The first-order valence-corrected chi connectivity index (χ1v) is 16.9. The van der Waals surface area contributed by atoms with Crippen LogP contribution in [0.3, 0.4) is 0 Å². The van der Waals surface area contributed by atoms with E-state index in [9.17, 15) is 29.1 Å². The Kier molecular flexibility index (Phi) is 7.02. The highest BCUT2D eigenvalue weighted by Crippen LogP contribution is 2.69. The first kappa shape index (κ1) is 29.0. The van der Waals surface area contributed by atoms with Gasteiger partial charge in [0.15, 0.2) is 6.61 Å². The van der Waals surface area contributed by atoms with E-state index in [2.05, 4.69) is 10.3 Å². The number of carbonyl (C=O) groups excluding carboxylic acids is 3. The highest BCUT2D eigenvalue weighted by Gasteiger charge is 2.69. The number of benzene rings is 3. The van der Waals surface area contributed by atoms with Crippen LogP contribution in [0.1, 0.15) is 29.2 Å². The van der Waals surface area contributed by atoms with Crippen LogP contribution in [-0.2, 0) is 19.2 Å². The van der Waals surface area contributed by atoms with E-state index >= 15 is 0 Å². The summed E-state index contributed by atoms with van der Waals surface area (Å²) in [6, 6.07) is 21.1. The van der Waals surface area contributed by atoms with Crippen molar-refractivity contribution in [3.63, 3.8) is 0 Å². The molecule has 10 nitrogen and oxygen atoms in total. The lowest BCUT2D eigenvalue weighted by atomic mass is 9.68. The van der Waals surface area contributed by atoms with Crippen molar-refractivity contribution in [3.05, 3.63) is 86.8 Å². The van der Waals surface area contributed by atoms with Crippen LogP contribution in [0.2, 0.25) is 0 Å². The van der Waals surface area contributed by atoms with Crippen molar-refractivity contribution in [2.45, 2.75) is 29.0 Å². The van der Waals surface area contributed by atoms with Crippen molar-refractivity contribution in [1.82, 2.24) is 9.88 Å². The number of fused-ring (bicyclic) bond motifs is 10. The number of carbonyl (C=O) groups is 4. The number of carboxylic acid groups (broad SMARTS) is 1. The SMILES string of the molecule is O=C(O)CCN1C(=O)C2C3CC(C2C1=O)C1C3Sc2[nH]c(=O)sc2[C@@H]1c1ccccc1OCC(=O)Nc1ccc2ccccc2c1. The number of thioether (sulfide) groups is 1. The Hall–Kier alpha value is -4.42. The Balaban J connectivity index is 1.08. The molecular weight excluding hydrogens is 627 g/mol. The minimum absolute atomic E-state index is 0.0190. The van der Waals surface area contributed by atoms with Crippen LogP contribution in [0.5, 0.6) is 5.75 Å². The van der Waals surface area contributed by atoms with E-state index in [0.717, 1.165) is 48.9 Å². The van der Waals surface area contributed by atoms with Crippen molar-refractivity contribution in [2.75, 3.05) is 18.5 Å². The molecule has 1 saturated heterocycles. The number of nitrogens with zero attached hydrogens (tertiary/aromatic N) is 1. The maximum Gasteiger partial charge on any atom is 0.305 e. The molecular formula is C34H29N3O7S2. The molecule has 2 bridgehead atoms. The van der Waals surface area contributed by atoms with Crippen LogP contribution < -0.4 is 14.9 Å². The van der Waals surface area contributed by atoms with E-state index < -0.39 is 17.8 Å². The quantitative estimate of drug-likeness (QED) is 0.235. The highest BCUT2D eigenvalue weighted by atomic mass is 32.2. The fraction of sp³-hybridized carbons (Fsp3) is 0.324. The van der Waals surface area contributed by atoms with Gasteiger partial charge in [-0.2, -0.15) is 0 Å². The van der Waals surface area contributed by atoms with E-state index in [0.29, 0.717) is 11.4 Å². The smallest absolute Gasteiger partial charge is 0.305 e. The molecule has 2 aliphatic carbocycles. The predicted octanol–water partition coefficient (Wildman–Crippen LogP) is 4.56. The van der Waals surface area contributed by atoms with Crippen molar-refractivity contribution in [2.24, 2.45) is 29.6 Å². The number of amides is 3. The number of hydrogen-bond acceptors (Lipinski definition) is 8. The normalized spacial score (nSPS) is 27.4. The van der Waals surface area contributed by atoms with E-state index in [4.69, 9.17) is 4.74 Å². The number of rotatable bonds is 8. The van der Waals surface area contributed by atoms with Crippen molar-refractivity contribution in [3.8, 4) is 5.75 Å². The summed E-state index contributed by atoms with van der Waals surface area (Å²) in [5.74, 6) is -2.90. The molecule has 12 heteroatoms. The largest absolute Gasteiger partial charge is 0.483 e. The third kappa shape index (κ3) is 4.65. The Morgan fingerprint density at radius 3 is 2.50 bits per heavy atom. The number of para-hydroxylation sites is 1. The third-order valence-corrected chi connectivity index (χ3v) is 12.6. The van der Waals surface area contributed by atoms with Gasteiger partial charge in [0.25, 0.3) is 5.91 Å². The lowest BCUT2D eigenvalue weighted by molar-refractivity contribution is -0.142. The Morgan fingerprint density at radius 1 is 0.957 bits per heavy atom. The average molecular weight is 656 g/mol. The van der Waals surface area contributed by atoms with Gasteiger partial charge in [0.1, 0.15) is 5.75 Å². The van der Waals surface area contributed by atoms with Gasteiger partial charge in [-0.25, -0.2) is 0 Å². The van der Waals surface area contributed by atoms with Gasteiger partial charge >= 0.3 is 10.8 Å². The Bertz CT molecular complexity index is 1990. The van der Waals surface area contributed by atoms with Gasteiger partial charge in [0, 0.05) is 33.8 Å². The minimum Gasteiger partial charge on any atom is -0.483 e. The predicted molar refractivity (Wildman–Crippen MR) is 172 cm³/mol. The lowest BCUT2D eigenvalue weighted by Crippen LogP contribution is -2.42. The third-order valence-electron chi connectivity index (χ3n) is 10.0. The number of hydrogen-bond donors (Lipinski definition) is 3. The number of thiazole rings is 1. The molecule has 0 spiro atoms. The number of imide groups is 1. The van der Waals surface area contributed by atoms with Crippen LogP contribution in [-0.4, -0.2) is 57.1 Å². The highest BCUT2D eigenvalue weighted by molar-refractivity contribution is 8.00. The van der Waals surface area contributed by atoms with Crippen LogP contribution in [0, 0.1) is 29.6 Å². The molecule has 3 heterocycles. The molecule has 4 aromatic rings. The molecule has 3 amide bonds. The van der Waals surface area contributed by atoms with Crippen molar-refractivity contribution in [1.29, 1.82) is 0 Å². The first-order valence-electron chi connectivity index (χ1n) is 15.3. The van der Waals surface area contributed by atoms with Crippen LogP contribution in [0.4, 0.5) is 5.69 Å². The molecule has 2 aliphatic heterocycles. The molecule has 3 aromatic carbocycles. The molecule has 3 N–H and O–H groups in total. The summed E-state index contributed by atoms with van der Waals surface area (Å²) in [6.07, 6.45) is 0.433. The standard InChI is InChI=1S/C34H29N3O7S2/c38-23(35-18-10-9-16-5-1-2-6-17(16)13-18)15-44-22-8-4-3-7-19(22)25-26-20-14-21(29(26)45-31-30(25)46-34(43)36-31)28-27(20)32(41)37(33(28)42)12-11-24(39)40/h1-10,13,20-21,25-29H,11-12,14-15H2,(H,35,38)(H,36,43)(H,39,40)/t20?,21?,25-,26?,27?,28?,29?/m1/s1.